The molecule has 7 heteroatoms. The third kappa shape index (κ3) is 5.86. The van der Waals surface area contributed by atoms with Crippen LogP contribution in [0, 0.1) is 0 Å². The van der Waals surface area contributed by atoms with Gasteiger partial charge in [0.05, 0.1) is 16.3 Å². The molecule has 0 spiro atoms. The summed E-state index contributed by atoms with van der Waals surface area (Å²) in [4.78, 5) is 23.8. The van der Waals surface area contributed by atoms with E-state index in [0.717, 1.165) is 12.8 Å². The molecule has 136 valence electrons. The number of anilines is 1. The average Bonchev–Trinajstić information content (AvgIpc) is 2.64. The van der Waals surface area contributed by atoms with Gasteiger partial charge in [0.15, 0.2) is 0 Å². The van der Waals surface area contributed by atoms with Crippen molar-refractivity contribution in [3.05, 3.63) is 63.6 Å². The van der Waals surface area contributed by atoms with Crippen LogP contribution >= 0.6 is 23.2 Å². The van der Waals surface area contributed by atoms with Crippen LogP contribution in [0.4, 0.5) is 5.69 Å². The van der Waals surface area contributed by atoms with E-state index in [9.17, 15) is 9.59 Å². The van der Waals surface area contributed by atoms with Crippen molar-refractivity contribution in [2.45, 2.75) is 26.2 Å². The molecule has 0 saturated heterocycles. The average molecular weight is 392 g/mol. The number of unbranched alkanes of at least 4 members (excludes halogenated alkanes) is 1. The molecule has 0 atom stereocenters. The Morgan fingerprint density at radius 1 is 1.12 bits per heavy atom. The lowest BCUT2D eigenvalue weighted by molar-refractivity contribution is -0.116. The van der Waals surface area contributed by atoms with E-state index < -0.39 is 0 Å². The maximum atomic E-state index is 12.1. The van der Waals surface area contributed by atoms with Crippen LogP contribution in [-0.4, -0.2) is 18.0 Å². The monoisotopic (exact) mass is 391 g/mol. The molecule has 2 aromatic rings. The molecule has 0 aromatic heterocycles. The van der Waals surface area contributed by atoms with Crippen LogP contribution in [0.15, 0.2) is 47.6 Å². The number of hydrogen-bond donors (Lipinski definition) is 2. The molecular formula is C19H19Cl2N3O2. The fraction of sp³-hybridized carbons (Fsp3) is 0.211. The molecule has 26 heavy (non-hydrogen) atoms. The van der Waals surface area contributed by atoms with Crippen LogP contribution in [0.25, 0.3) is 0 Å². The van der Waals surface area contributed by atoms with Gasteiger partial charge < -0.3 is 5.32 Å². The van der Waals surface area contributed by atoms with Crippen molar-refractivity contribution < 1.29 is 9.59 Å². The van der Waals surface area contributed by atoms with Gasteiger partial charge in [-0.15, -0.1) is 0 Å². The van der Waals surface area contributed by atoms with Crippen molar-refractivity contribution in [3.8, 4) is 0 Å². The molecule has 5 nitrogen and oxygen atoms in total. The maximum Gasteiger partial charge on any atom is 0.271 e. The number of halogens is 2. The molecular weight excluding hydrogens is 373 g/mol. The van der Waals surface area contributed by atoms with Crippen LogP contribution in [0.5, 0.6) is 0 Å². The highest BCUT2D eigenvalue weighted by Gasteiger charge is 2.06. The first kappa shape index (κ1) is 19.9. The molecule has 2 aromatic carbocycles. The van der Waals surface area contributed by atoms with E-state index in [2.05, 4.69) is 15.8 Å². The normalized spacial score (nSPS) is 10.7. The molecule has 0 aliphatic rings. The Balaban J connectivity index is 1.92. The molecule has 2 amide bonds. The number of hydrogen-bond acceptors (Lipinski definition) is 3. The van der Waals surface area contributed by atoms with Gasteiger partial charge in [0.2, 0.25) is 5.91 Å². The van der Waals surface area contributed by atoms with E-state index in [1.807, 2.05) is 6.92 Å². The van der Waals surface area contributed by atoms with Gasteiger partial charge in [0.25, 0.3) is 5.91 Å². The predicted molar refractivity (Wildman–Crippen MR) is 106 cm³/mol. The van der Waals surface area contributed by atoms with E-state index >= 15 is 0 Å². The van der Waals surface area contributed by atoms with Gasteiger partial charge in [-0.05, 0) is 36.8 Å². The lowest BCUT2D eigenvalue weighted by Gasteiger charge is -2.06. The molecule has 2 N–H and O–H groups in total. The Hall–Kier alpha value is -2.37. The van der Waals surface area contributed by atoms with E-state index in [4.69, 9.17) is 23.2 Å². The van der Waals surface area contributed by atoms with Crippen molar-refractivity contribution in [1.29, 1.82) is 0 Å². The Kier molecular flexibility index (Phi) is 7.63. The summed E-state index contributed by atoms with van der Waals surface area (Å²) < 4.78 is 0. The molecule has 2 rings (SSSR count). The van der Waals surface area contributed by atoms with Gasteiger partial charge in [-0.1, -0.05) is 48.7 Å². The minimum atomic E-state index is -0.372. The Morgan fingerprint density at radius 2 is 1.85 bits per heavy atom. The molecule has 0 radical (unpaired) electrons. The number of nitrogens with zero attached hydrogens (tertiary/aromatic N) is 1. The third-order valence-electron chi connectivity index (χ3n) is 3.54. The highest BCUT2D eigenvalue weighted by molar-refractivity contribution is 6.43. The highest BCUT2D eigenvalue weighted by atomic mass is 35.5. The van der Waals surface area contributed by atoms with Crippen molar-refractivity contribution in [2.75, 3.05) is 5.32 Å². The summed E-state index contributed by atoms with van der Waals surface area (Å²) >= 11 is 12.0. The molecule has 0 heterocycles. The van der Waals surface area contributed by atoms with Crippen molar-refractivity contribution in [1.82, 2.24) is 5.43 Å². The topological polar surface area (TPSA) is 70.6 Å². The standard InChI is InChI=1S/C19H19Cl2N3O2/c1-2-3-7-17(25)23-15-10-8-13(9-11-15)19(26)24-22-12-14-5-4-6-16(20)18(14)21/h4-6,8-12H,2-3,7H2,1H3,(H,23,25)(H,24,26)/b22-12+. The minimum Gasteiger partial charge on any atom is -0.326 e. The second kappa shape index (κ2) is 9.94. The number of amides is 2. The quantitative estimate of drug-likeness (QED) is 0.521. The Morgan fingerprint density at radius 3 is 2.54 bits per heavy atom. The molecule has 0 aliphatic carbocycles. The molecule has 0 aliphatic heterocycles. The fourth-order valence-corrected chi connectivity index (χ4v) is 2.47. The Labute approximate surface area is 162 Å². The van der Waals surface area contributed by atoms with E-state index in [1.54, 1.807) is 42.5 Å². The van der Waals surface area contributed by atoms with Gasteiger partial charge in [-0.3, -0.25) is 9.59 Å². The van der Waals surface area contributed by atoms with Gasteiger partial charge in [0, 0.05) is 23.2 Å². The lowest BCUT2D eigenvalue weighted by atomic mass is 10.2. The van der Waals surface area contributed by atoms with Gasteiger partial charge in [0.1, 0.15) is 0 Å². The summed E-state index contributed by atoms with van der Waals surface area (Å²) in [6.45, 7) is 2.03. The van der Waals surface area contributed by atoms with Gasteiger partial charge in [-0.25, -0.2) is 5.43 Å². The maximum absolute atomic E-state index is 12.1. The van der Waals surface area contributed by atoms with Crippen LogP contribution in [0.2, 0.25) is 10.0 Å². The number of rotatable bonds is 7. The smallest absolute Gasteiger partial charge is 0.271 e. The zero-order chi connectivity index (χ0) is 18.9. The van der Waals surface area contributed by atoms with Crippen molar-refractivity contribution >= 4 is 46.9 Å². The van der Waals surface area contributed by atoms with Crippen LogP contribution < -0.4 is 10.7 Å². The van der Waals surface area contributed by atoms with Crippen molar-refractivity contribution in [2.24, 2.45) is 5.10 Å². The summed E-state index contributed by atoms with van der Waals surface area (Å²) in [5.74, 6) is -0.407. The van der Waals surface area contributed by atoms with Crippen LogP contribution in [0.3, 0.4) is 0 Å². The van der Waals surface area contributed by atoms with Gasteiger partial charge in [-0.2, -0.15) is 5.10 Å². The number of hydrazone groups is 1. The largest absolute Gasteiger partial charge is 0.326 e. The highest BCUT2D eigenvalue weighted by Crippen LogP contribution is 2.24. The summed E-state index contributed by atoms with van der Waals surface area (Å²) in [7, 11) is 0. The van der Waals surface area contributed by atoms with Crippen LogP contribution in [0.1, 0.15) is 42.1 Å². The summed E-state index contributed by atoms with van der Waals surface area (Å²) in [6, 6.07) is 11.7. The number of benzene rings is 2. The number of carbonyl (C=O) groups is 2. The zero-order valence-corrected chi connectivity index (χ0v) is 15.8. The first-order valence-corrected chi connectivity index (χ1v) is 8.94. The predicted octanol–water partition coefficient (Wildman–Crippen LogP) is 4.89. The molecule has 0 fully saturated rings. The fourth-order valence-electron chi connectivity index (χ4n) is 2.11. The number of nitrogens with one attached hydrogen (secondary N) is 2. The SMILES string of the molecule is CCCCC(=O)Nc1ccc(C(=O)N/N=C/c2cccc(Cl)c2Cl)cc1. The first-order valence-electron chi connectivity index (χ1n) is 8.18. The van der Waals surface area contributed by atoms with E-state index in [-0.39, 0.29) is 11.8 Å². The summed E-state index contributed by atoms with van der Waals surface area (Å²) in [6.07, 6.45) is 3.72. The lowest BCUT2D eigenvalue weighted by Crippen LogP contribution is -2.17. The van der Waals surface area contributed by atoms with E-state index in [1.165, 1.54) is 6.21 Å². The van der Waals surface area contributed by atoms with Gasteiger partial charge >= 0.3 is 0 Å². The summed E-state index contributed by atoms with van der Waals surface area (Å²) in [5.41, 5.74) is 4.10. The summed E-state index contributed by atoms with van der Waals surface area (Å²) in [5, 5.41) is 7.46. The number of carbonyl (C=O) groups excluding carboxylic acids is 2. The third-order valence-corrected chi connectivity index (χ3v) is 4.37. The molecule has 0 unspecified atom stereocenters. The zero-order valence-electron chi connectivity index (χ0n) is 14.3. The molecule has 0 saturated carbocycles. The van der Waals surface area contributed by atoms with Crippen LogP contribution in [-0.2, 0) is 4.79 Å². The first-order chi connectivity index (χ1) is 12.5. The Bertz CT molecular complexity index is 805. The van der Waals surface area contributed by atoms with Crippen molar-refractivity contribution in [3.63, 3.8) is 0 Å². The van der Waals surface area contributed by atoms with E-state index in [0.29, 0.717) is 33.3 Å². The minimum absolute atomic E-state index is 0.0351. The second-order valence-electron chi connectivity index (χ2n) is 5.57. The molecule has 0 bridgehead atoms. The second-order valence-corrected chi connectivity index (χ2v) is 6.36.